The fraction of sp³-hybridized carbons (Fsp3) is 0.0952. The number of ether oxygens (including phenoxy) is 1. The molecule has 0 spiro atoms. The van der Waals surface area contributed by atoms with Crippen LogP contribution in [-0.2, 0) is 6.18 Å². The first kappa shape index (κ1) is 17.7. The molecule has 0 bridgehead atoms. The van der Waals surface area contributed by atoms with E-state index < -0.39 is 11.7 Å². The summed E-state index contributed by atoms with van der Waals surface area (Å²) in [5.74, 6) is 0.671. The van der Waals surface area contributed by atoms with Crippen LogP contribution < -0.4 is 10.2 Å². The van der Waals surface area contributed by atoms with Gasteiger partial charge in [0.1, 0.15) is 5.75 Å². The monoisotopic (exact) mass is 356 g/mol. The molecule has 132 valence electrons. The van der Waals surface area contributed by atoms with Gasteiger partial charge < -0.3 is 4.74 Å². The third-order valence-electron chi connectivity index (χ3n) is 4.05. The van der Waals surface area contributed by atoms with E-state index in [1.165, 1.54) is 12.1 Å². The van der Waals surface area contributed by atoms with Crippen LogP contribution in [0.2, 0.25) is 0 Å². The van der Waals surface area contributed by atoms with E-state index in [2.05, 4.69) is 0 Å². The largest absolute Gasteiger partial charge is 0.497 e. The number of methoxy groups -OCH3 is 1. The van der Waals surface area contributed by atoms with Crippen molar-refractivity contribution in [3.63, 3.8) is 0 Å². The average molecular weight is 356 g/mol. The van der Waals surface area contributed by atoms with E-state index in [4.69, 9.17) is 4.74 Å². The Kier molecular flexibility index (Phi) is 4.80. The predicted molar refractivity (Wildman–Crippen MR) is 95.1 cm³/mol. The zero-order valence-electron chi connectivity index (χ0n) is 13.9. The zero-order chi connectivity index (χ0) is 18.7. The summed E-state index contributed by atoms with van der Waals surface area (Å²) in [6.45, 7) is 0. The summed E-state index contributed by atoms with van der Waals surface area (Å²) in [6.07, 6.45) is -4.41. The van der Waals surface area contributed by atoms with Crippen LogP contribution in [-0.4, -0.2) is 7.11 Å². The molecule has 0 saturated carbocycles. The first-order valence-electron chi connectivity index (χ1n) is 7.85. The SMILES string of the molecule is COc1ccc(-c2ccccc(-c3ccc(C(F)(F)F)cc3)c2=O)cc1. The maximum atomic E-state index is 13.0. The van der Waals surface area contributed by atoms with Gasteiger partial charge in [-0.2, -0.15) is 13.2 Å². The number of halogens is 3. The minimum atomic E-state index is -4.41. The second kappa shape index (κ2) is 7.04. The molecular formula is C21H15F3O2. The van der Waals surface area contributed by atoms with Crippen molar-refractivity contribution >= 4 is 0 Å². The molecule has 3 aromatic carbocycles. The minimum Gasteiger partial charge on any atom is -0.497 e. The van der Waals surface area contributed by atoms with Crippen molar-refractivity contribution in [2.75, 3.05) is 7.11 Å². The fourth-order valence-electron chi connectivity index (χ4n) is 2.66. The van der Waals surface area contributed by atoms with E-state index in [0.29, 0.717) is 28.0 Å². The maximum absolute atomic E-state index is 13.0. The van der Waals surface area contributed by atoms with Crippen LogP contribution in [0.25, 0.3) is 22.3 Å². The van der Waals surface area contributed by atoms with Crippen molar-refractivity contribution in [1.82, 2.24) is 0 Å². The number of benzene rings is 2. The van der Waals surface area contributed by atoms with Gasteiger partial charge in [-0.25, -0.2) is 0 Å². The van der Waals surface area contributed by atoms with Gasteiger partial charge in [0.2, 0.25) is 0 Å². The van der Waals surface area contributed by atoms with Crippen LogP contribution >= 0.6 is 0 Å². The first-order chi connectivity index (χ1) is 12.4. The molecule has 0 atom stereocenters. The fourth-order valence-corrected chi connectivity index (χ4v) is 2.66. The van der Waals surface area contributed by atoms with Crippen LogP contribution in [0.1, 0.15) is 5.56 Å². The number of hydrogen-bond donors (Lipinski definition) is 0. The Labute approximate surface area is 148 Å². The average Bonchev–Trinajstić information content (AvgIpc) is 2.83. The highest BCUT2D eigenvalue weighted by atomic mass is 19.4. The summed E-state index contributed by atoms with van der Waals surface area (Å²) in [5.41, 5.74) is 0.959. The van der Waals surface area contributed by atoms with E-state index in [-0.39, 0.29) is 5.43 Å². The second-order valence-electron chi connectivity index (χ2n) is 5.68. The third kappa shape index (κ3) is 3.61. The third-order valence-corrected chi connectivity index (χ3v) is 4.05. The molecule has 3 rings (SSSR count). The van der Waals surface area contributed by atoms with Crippen LogP contribution in [0.3, 0.4) is 0 Å². The van der Waals surface area contributed by atoms with E-state index >= 15 is 0 Å². The lowest BCUT2D eigenvalue weighted by Crippen LogP contribution is -2.06. The second-order valence-corrected chi connectivity index (χ2v) is 5.68. The molecule has 2 nitrogen and oxygen atoms in total. The predicted octanol–water partition coefficient (Wildman–Crippen LogP) is 5.41. The lowest BCUT2D eigenvalue weighted by atomic mass is 10.0. The molecule has 0 aromatic heterocycles. The molecule has 5 heteroatoms. The maximum Gasteiger partial charge on any atom is 0.416 e. The quantitative estimate of drug-likeness (QED) is 0.627. The van der Waals surface area contributed by atoms with E-state index in [1.54, 1.807) is 55.6 Å². The molecule has 0 heterocycles. The number of alkyl halides is 3. The lowest BCUT2D eigenvalue weighted by Gasteiger charge is -2.07. The van der Waals surface area contributed by atoms with Crippen LogP contribution in [0, 0.1) is 0 Å². The van der Waals surface area contributed by atoms with Gasteiger partial charge in [-0.05, 0) is 35.4 Å². The summed E-state index contributed by atoms with van der Waals surface area (Å²) >= 11 is 0. The highest BCUT2D eigenvalue weighted by molar-refractivity contribution is 5.72. The highest BCUT2D eigenvalue weighted by Gasteiger charge is 2.30. The number of rotatable bonds is 3. The van der Waals surface area contributed by atoms with E-state index in [9.17, 15) is 18.0 Å². The summed E-state index contributed by atoms with van der Waals surface area (Å²) < 4.78 is 43.3. The Morgan fingerprint density at radius 3 is 1.62 bits per heavy atom. The van der Waals surface area contributed by atoms with E-state index in [0.717, 1.165) is 12.1 Å². The number of hydrogen-bond acceptors (Lipinski definition) is 2. The molecule has 0 radical (unpaired) electrons. The summed E-state index contributed by atoms with van der Waals surface area (Å²) in [7, 11) is 1.55. The molecule has 0 N–H and O–H groups in total. The van der Waals surface area contributed by atoms with Crippen molar-refractivity contribution in [2.24, 2.45) is 0 Å². The Hall–Kier alpha value is -3.08. The topological polar surface area (TPSA) is 26.3 Å². The smallest absolute Gasteiger partial charge is 0.416 e. The van der Waals surface area contributed by atoms with Crippen LogP contribution in [0.5, 0.6) is 5.75 Å². The minimum absolute atomic E-state index is 0.250. The molecule has 0 saturated heterocycles. The molecule has 3 aromatic rings. The van der Waals surface area contributed by atoms with Gasteiger partial charge in [-0.3, -0.25) is 4.79 Å². The van der Waals surface area contributed by atoms with Crippen molar-refractivity contribution in [2.45, 2.75) is 6.18 Å². The highest BCUT2D eigenvalue weighted by Crippen LogP contribution is 2.30. The molecule has 0 aliphatic carbocycles. The Morgan fingerprint density at radius 1 is 0.731 bits per heavy atom. The Balaban J connectivity index is 2.09. The van der Waals surface area contributed by atoms with Crippen molar-refractivity contribution in [1.29, 1.82) is 0 Å². The molecule has 0 aliphatic rings. The van der Waals surface area contributed by atoms with Gasteiger partial charge in [0, 0.05) is 11.1 Å². The first-order valence-corrected chi connectivity index (χ1v) is 7.85. The molecular weight excluding hydrogens is 341 g/mol. The van der Waals surface area contributed by atoms with Gasteiger partial charge in [0.15, 0.2) is 5.43 Å². The van der Waals surface area contributed by atoms with Crippen molar-refractivity contribution in [3.05, 3.63) is 88.6 Å². The summed E-state index contributed by atoms with van der Waals surface area (Å²) in [5, 5.41) is 0. The van der Waals surface area contributed by atoms with E-state index in [1.807, 2.05) is 0 Å². The van der Waals surface area contributed by atoms with Gasteiger partial charge in [-0.15, -0.1) is 0 Å². The Morgan fingerprint density at radius 2 is 1.19 bits per heavy atom. The zero-order valence-corrected chi connectivity index (χ0v) is 13.9. The molecule has 0 unspecified atom stereocenters. The standard InChI is InChI=1S/C21H15F3O2/c1-26-17-12-8-15(9-13-17)19-5-3-2-4-18(20(19)25)14-6-10-16(11-7-14)21(22,23)24/h2-13H,1H3. The summed E-state index contributed by atoms with van der Waals surface area (Å²) in [4.78, 5) is 13.0. The van der Waals surface area contributed by atoms with Gasteiger partial charge in [-0.1, -0.05) is 48.5 Å². The van der Waals surface area contributed by atoms with Gasteiger partial charge in [0.25, 0.3) is 0 Å². The van der Waals surface area contributed by atoms with Crippen molar-refractivity contribution in [3.8, 4) is 28.0 Å². The molecule has 26 heavy (non-hydrogen) atoms. The van der Waals surface area contributed by atoms with Gasteiger partial charge >= 0.3 is 6.18 Å². The van der Waals surface area contributed by atoms with Crippen LogP contribution in [0.15, 0.2) is 77.6 Å². The normalized spacial score (nSPS) is 11.2. The summed E-state index contributed by atoms with van der Waals surface area (Å²) in [6, 6.07) is 18.4. The van der Waals surface area contributed by atoms with Crippen molar-refractivity contribution < 1.29 is 17.9 Å². The lowest BCUT2D eigenvalue weighted by molar-refractivity contribution is -0.137. The Bertz CT molecular complexity index is 960. The van der Waals surface area contributed by atoms with Crippen LogP contribution in [0.4, 0.5) is 13.2 Å². The molecule has 0 fully saturated rings. The molecule has 0 amide bonds. The molecule has 0 aliphatic heterocycles. The van der Waals surface area contributed by atoms with Gasteiger partial charge in [0.05, 0.1) is 12.7 Å².